The van der Waals surface area contributed by atoms with Crippen LogP contribution in [0.1, 0.15) is 0 Å². The van der Waals surface area contributed by atoms with Crippen LogP contribution in [0.2, 0.25) is 0 Å². The Morgan fingerprint density at radius 1 is 0.291 bits per heavy atom. The summed E-state index contributed by atoms with van der Waals surface area (Å²) in [6.07, 6.45) is 0. The summed E-state index contributed by atoms with van der Waals surface area (Å²) < 4.78 is 6.26. The Bertz CT molecular complexity index is 3450. The number of aromatic nitrogens is 3. The third-order valence-electron chi connectivity index (χ3n) is 11.2. The lowest BCUT2D eigenvalue weighted by atomic mass is 9.87. The Kier molecular flexibility index (Phi) is 6.31. The van der Waals surface area contributed by atoms with Gasteiger partial charge in [0.2, 0.25) is 0 Å². The average Bonchev–Trinajstić information content (AvgIpc) is 3.70. The topological polar surface area (TPSA) is 51.8 Å². The van der Waals surface area contributed by atoms with Crippen molar-refractivity contribution in [3.05, 3.63) is 176 Å². The SMILES string of the molecule is c1ccc(-c2nc(-c3cccc(-c4cc5ccccc5o4)c3)nc(-c3cc4ccc5cccc6c7cccc8ccc9cccc(c(c3)c4c56)c9c87)n2)cc1. The van der Waals surface area contributed by atoms with Crippen LogP contribution < -0.4 is 0 Å². The molecule has 0 amide bonds. The van der Waals surface area contributed by atoms with E-state index in [0.29, 0.717) is 17.5 Å². The predicted octanol–water partition coefficient (Wildman–Crippen LogP) is 13.6. The molecule has 0 saturated heterocycles. The largest absolute Gasteiger partial charge is 0.456 e. The second-order valence-corrected chi connectivity index (χ2v) is 14.4. The summed E-state index contributed by atoms with van der Waals surface area (Å²) in [4.78, 5) is 15.5. The molecule has 12 aromatic rings. The van der Waals surface area contributed by atoms with Crippen LogP contribution >= 0.6 is 0 Å². The van der Waals surface area contributed by atoms with Crippen LogP contribution in [0.5, 0.6) is 0 Å². The minimum absolute atomic E-state index is 0.603. The van der Waals surface area contributed by atoms with E-state index in [1.807, 2.05) is 42.5 Å². The first kappa shape index (κ1) is 30.1. The van der Waals surface area contributed by atoms with Crippen LogP contribution in [0.4, 0.5) is 0 Å². The van der Waals surface area contributed by atoms with Crippen molar-refractivity contribution >= 4 is 75.6 Å². The molecule has 10 aromatic carbocycles. The molecule has 0 atom stereocenters. The highest BCUT2D eigenvalue weighted by Gasteiger charge is 2.19. The first-order chi connectivity index (χ1) is 27.2. The van der Waals surface area contributed by atoms with Gasteiger partial charge in [0.25, 0.3) is 0 Å². The fraction of sp³-hybridized carbons (Fsp3) is 0. The van der Waals surface area contributed by atoms with Gasteiger partial charge in [0.05, 0.1) is 0 Å². The second-order valence-electron chi connectivity index (χ2n) is 14.4. The van der Waals surface area contributed by atoms with Gasteiger partial charge >= 0.3 is 0 Å². The summed E-state index contributed by atoms with van der Waals surface area (Å²) in [5.74, 6) is 2.65. The summed E-state index contributed by atoms with van der Waals surface area (Å²) in [7, 11) is 0. The maximum absolute atomic E-state index is 6.26. The number of hydrogen-bond acceptors (Lipinski definition) is 4. The number of furan rings is 1. The Morgan fingerprint density at radius 2 is 0.782 bits per heavy atom. The summed E-state index contributed by atoms with van der Waals surface area (Å²) in [6, 6.07) is 62.3. The molecule has 4 nitrogen and oxygen atoms in total. The fourth-order valence-corrected chi connectivity index (χ4v) is 8.70. The van der Waals surface area contributed by atoms with Gasteiger partial charge in [0.15, 0.2) is 17.5 Å². The van der Waals surface area contributed by atoms with Crippen LogP contribution in [0.15, 0.2) is 180 Å². The van der Waals surface area contributed by atoms with E-state index in [-0.39, 0.29) is 0 Å². The van der Waals surface area contributed by atoms with Crippen molar-refractivity contribution in [3.8, 4) is 45.5 Å². The maximum atomic E-state index is 6.26. The molecule has 2 heterocycles. The standard InChI is InChI=1S/C51H29N3O/c1-2-10-33(11-3-1)49-52-50(37-17-6-16-34(26-37)44-29-35-12-4-5-21-43(35)55-44)54-51(53-49)38-27-36-25-24-32-14-8-19-40-39-18-7-13-30-22-23-31-15-9-20-41(47(31)45(30)39)42(28-38)48(36)46(32)40/h1-29H. The van der Waals surface area contributed by atoms with Crippen LogP contribution in [0, 0.1) is 0 Å². The predicted molar refractivity (Wildman–Crippen MR) is 228 cm³/mol. The Hall–Kier alpha value is -7.43. The minimum atomic E-state index is 0.603. The second kappa shape index (κ2) is 11.5. The lowest BCUT2D eigenvalue weighted by Crippen LogP contribution is -2.00. The molecule has 0 aliphatic carbocycles. The molecule has 254 valence electrons. The summed E-state index contributed by atoms with van der Waals surface area (Å²) in [5.41, 5.74) is 4.58. The zero-order chi connectivity index (χ0) is 36.0. The average molecular weight is 700 g/mol. The monoisotopic (exact) mass is 699 g/mol. The van der Waals surface area contributed by atoms with E-state index >= 15 is 0 Å². The number of fused-ring (bicyclic) bond motifs is 3. The van der Waals surface area contributed by atoms with Crippen molar-refractivity contribution in [1.82, 2.24) is 15.0 Å². The zero-order valence-corrected chi connectivity index (χ0v) is 29.5. The first-order valence-corrected chi connectivity index (χ1v) is 18.6. The molecule has 0 radical (unpaired) electrons. The molecule has 0 saturated carbocycles. The van der Waals surface area contributed by atoms with Gasteiger partial charge in [-0.3, -0.25) is 0 Å². The van der Waals surface area contributed by atoms with Gasteiger partial charge in [0.1, 0.15) is 11.3 Å². The quantitative estimate of drug-likeness (QED) is 0.172. The molecule has 0 fully saturated rings. The number of para-hydroxylation sites is 1. The molecule has 4 heteroatoms. The Morgan fingerprint density at radius 3 is 1.45 bits per heavy atom. The normalized spacial score (nSPS) is 12.0. The van der Waals surface area contributed by atoms with Crippen LogP contribution in [-0.2, 0) is 0 Å². The first-order valence-electron chi connectivity index (χ1n) is 18.6. The van der Waals surface area contributed by atoms with Gasteiger partial charge in [-0.1, -0.05) is 146 Å². The van der Waals surface area contributed by atoms with Gasteiger partial charge in [-0.2, -0.15) is 0 Å². The third kappa shape index (κ3) is 4.62. The van der Waals surface area contributed by atoms with E-state index in [2.05, 4.69) is 133 Å². The van der Waals surface area contributed by atoms with Crippen LogP contribution in [0.25, 0.3) is 121 Å². The van der Waals surface area contributed by atoms with Crippen molar-refractivity contribution in [2.24, 2.45) is 0 Å². The van der Waals surface area contributed by atoms with Crippen LogP contribution in [-0.4, -0.2) is 15.0 Å². The lowest BCUT2D eigenvalue weighted by Gasteiger charge is -2.17. The van der Waals surface area contributed by atoms with Crippen molar-refractivity contribution in [2.45, 2.75) is 0 Å². The lowest BCUT2D eigenvalue weighted by molar-refractivity contribution is 0.631. The fourth-order valence-electron chi connectivity index (χ4n) is 8.70. The highest BCUT2D eigenvalue weighted by molar-refractivity contribution is 6.37. The molecule has 0 bridgehead atoms. The molecule has 2 aromatic heterocycles. The van der Waals surface area contributed by atoms with Gasteiger partial charge in [-0.05, 0) is 95.0 Å². The highest BCUT2D eigenvalue weighted by Crippen LogP contribution is 2.44. The maximum Gasteiger partial charge on any atom is 0.164 e. The molecule has 12 rings (SSSR count). The van der Waals surface area contributed by atoms with E-state index in [4.69, 9.17) is 19.4 Å². The van der Waals surface area contributed by atoms with Crippen molar-refractivity contribution in [1.29, 1.82) is 0 Å². The molecule has 0 spiro atoms. The Balaban J connectivity index is 1.16. The number of benzene rings is 9. The smallest absolute Gasteiger partial charge is 0.164 e. The summed E-state index contributed by atoms with van der Waals surface area (Å²) >= 11 is 0. The Labute approximate surface area is 315 Å². The van der Waals surface area contributed by atoms with Gasteiger partial charge in [-0.15, -0.1) is 0 Å². The van der Waals surface area contributed by atoms with Gasteiger partial charge in [-0.25, -0.2) is 15.0 Å². The van der Waals surface area contributed by atoms with Gasteiger partial charge < -0.3 is 4.42 Å². The van der Waals surface area contributed by atoms with Crippen molar-refractivity contribution in [2.75, 3.05) is 0 Å². The van der Waals surface area contributed by atoms with E-state index in [9.17, 15) is 0 Å². The molecule has 55 heavy (non-hydrogen) atoms. The number of rotatable bonds is 4. The zero-order valence-electron chi connectivity index (χ0n) is 29.5. The molecule has 0 aliphatic heterocycles. The van der Waals surface area contributed by atoms with Gasteiger partial charge in [0, 0.05) is 27.6 Å². The summed E-state index contributed by atoms with van der Waals surface area (Å²) in [6.45, 7) is 0. The number of hydrogen-bond donors (Lipinski definition) is 0. The molecule has 0 unspecified atom stereocenters. The third-order valence-corrected chi connectivity index (χ3v) is 11.2. The van der Waals surface area contributed by atoms with Crippen molar-refractivity contribution in [3.63, 3.8) is 0 Å². The van der Waals surface area contributed by atoms with E-state index in [1.54, 1.807) is 0 Å². The highest BCUT2D eigenvalue weighted by atomic mass is 16.3. The molecular weight excluding hydrogens is 671 g/mol. The van der Waals surface area contributed by atoms with E-state index in [1.165, 1.54) is 59.2 Å². The molecule has 0 N–H and O–H groups in total. The van der Waals surface area contributed by atoms with E-state index < -0.39 is 0 Å². The van der Waals surface area contributed by atoms with E-state index in [0.717, 1.165) is 44.4 Å². The van der Waals surface area contributed by atoms with Crippen molar-refractivity contribution < 1.29 is 4.42 Å². The molecule has 0 aliphatic rings. The summed E-state index contributed by atoms with van der Waals surface area (Å²) in [5, 5.41) is 15.9. The van der Waals surface area contributed by atoms with Crippen LogP contribution in [0.3, 0.4) is 0 Å². The molecular formula is C51H29N3O. The number of nitrogens with zero attached hydrogens (tertiary/aromatic N) is 3. The minimum Gasteiger partial charge on any atom is -0.456 e.